The molecule has 0 fully saturated rings. The van der Waals surface area contributed by atoms with Crippen LogP contribution in [0.4, 0.5) is 0 Å². The van der Waals surface area contributed by atoms with Gasteiger partial charge in [0.05, 0.1) is 11.4 Å². The molecule has 0 N–H and O–H groups in total. The third kappa shape index (κ3) is 2.22. The second-order valence-corrected chi connectivity index (χ2v) is 4.89. The minimum atomic E-state index is 0.197. The molecular weight excluding hydrogens is 280 g/mol. The molecule has 1 aromatic carbocycles. The van der Waals surface area contributed by atoms with Crippen molar-refractivity contribution in [2.24, 2.45) is 0 Å². The molecular formula is C12H11BrN4. The van der Waals surface area contributed by atoms with Crippen molar-refractivity contribution in [3.8, 4) is 11.8 Å². The Balaban J connectivity index is 2.56. The summed E-state index contributed by atoms with van der Waals surface area (Å²) in [7, 11) is 0. The van der Waals surface area contributed by atoms with E-state index in [1.807, 2.05) is 38.1 Å². The second kappa shape index (κ2) is 4.68. The van der Waals surface area contributed by atoms with Crippen LogP contribution in [0.2, 0.25) is 0 Å². The fourth-order valence-corrected chi connectivity index (χ4v) is 1.92. The summed E-state index contributed by atoms with van der Waals surface area (Å²) in [6, 6.07) is 9.82. The van der Waals surface area contributed by atoms with E-state index in [-0.39, 0.29) is 5.92 Å². The zero-order valence-electron chi connectivity index (χ0n) is 9.55. The number of halogens is 1. The molecule has 0 radical (unpaired) electrons. The number of hydrogen-bond donors (Lipinski definition) is 0. The molecule has 0 unspecified atom stereocenters. The van der Waals surface area contributed by atoms with E-state index in [0.717, 1.165) is 15.9 Å². The third-order valence-corrected chi connectivity index (χ3v) is 2.96. The highest BCUT2D eigenvalue weighted by molar-refractivity contribution is 9.10. The molecule has 1 heterocycles. The van der Waals surface area contributed by atoms with Crippen LogP contribution in [0.15, 0.2) is 28.7 Å². The molecule has 0 spiro atoms. The molecule has 86 valence electrons. The Labute approximate surface area is 108 Å². The first kappa shape index (κ1) is 11.8. The van der Waals surface area contributed by atoms with E-state index in [4.69, 9.17) is 5.26 Å². The van der Waals surface area contributed by atoms with Gasteiger partial charge in [-0.2, -0.15) is 5.26 Å². The van der Waals surface area contributed by atoms with Gasteiger partial charge in [-0.25, -0.2) is 4.68 Å². The number of nitrogens with zero attached hydrogens (tertiary/aromatic N) is 4. The number of hydrogen-bond acceptors (Lipinski definition) is 3. The first-order chi connectivity index (χ1) is 8.13. The molecule has 0 amide bonds. The highest BCUT2D eigenvalue weighted by Crippen LogP contribution is 2.21. The van der Waals surface area contributed by atoms with Gasteiger partial charge in [-0.15, -0.1) is 5.10 Å². The maximum atomic E-state index is 9.00. The summed E-state index contributed by atoms with van der Waals surface area (Å²) in [4.78, 5) is 0. The molecule has 1 aromatic heterocycles. The van der Waals surface area contributed by atoms with Crippen LogP contribution >= 0.6 is 15.9 Å². The van der Waals surface area contributed by atoms with E-state index >= 15 is 0 Å². The lowest BCUT2D eigenvalue weighted by atomic mass is 10.1. The lowest BCUT2D eigenvalue weighted by molar-refractivity contribution is 0.715. The molecule has 2 rings (SSSR count). The molecule has 0 aliphatic rings. The third-order valence-electron chi connectivity index (χ3n) is 2.43. The van der Waals surface area contributed by atoms with Crippen molar-refractivity contribution in [2.75, 3.05) is 0 Å². The van der Waals surface area contributed by atoms with Gasteiger partial charge in [0.2, 0.25) is 0 Å². The topological polar surface area (TPSA) is 54.5 Å². The van der Waals surface area contributed by atoms with Gasteiger partial charge in [0.15, 0.2) is 5.69 Å². The Morgan fingerprint density at radius 1 is 1.29 bits per heavy atom. The molecule has 0 aliphatic carbocycles. The lowest BCUT2D eigenvalue weighted by Crippen LogP contribution is -2.04. The fourth-order valence-electron chi connectivity index (χ4n) is 1.66. The minimum Gasteiger partial charge on any atom is -0.216 e. The Morgan fingerprint density at radius 2 is 1.94 bits per heavy atom. The predicted molar refractivity (Wildman–Crippen MR) is 67.9 cm³/mol. The monoisotopic (exact) mass is 290 g/mol. The van der Waals surface area contributed by atoms with Crippen LogP contribution in [0.3, 0.4) is 0 Å². The minimum absolute atomic E-state index is 0.197. The van der Waals surface area contributed by atoms with E-state index in [1.165, 1.54) is 0 Å². The largest absolute Gasteiger partial charge is 0.216 e. The molecule has 17 heavy (non-hydrogen) atoms. The van der Waals surface area contributed by atoms with Gasteiger partial charge in [0.1, 0.15) is 6.07 Å². The zero-order valence-corrected chi connectivity index (χ0v) is 11.1. The van der Waals surface area contributed by atoms with Crippen LogP contribution in [-0.4, -0.2) is 15.0 Å². The van der Waals surface area contributed by atoms with Crippen molar-refractivity contribution in [3.05, 3.63) is 40.1 Å². The van der Waals surface area contributed by atoms with Gasteiger partial charge in [-0.05, 0) is 30.2 Å². The Bertz CT molecular complexity index is 563. The number of rotatable bonds is 2. The van der Waals surface area contributed by atoms with E-state index in [0.29, 0.717) is 5.69 Å². The van der Waals surface area contributed by atoms with Crippen molar-refractivity contribution in [1.82, 2.24) is 15.0 Å². The van der Waals surface area contributed by atoms with Crippen molar-refractivity contribution in [2.45, 2.75) is 19.8 Å². The summed E-state index contributed by atoms with van der Waals surface area (Å²) < 4.78 is 2.73. The fraction of sp³-hybridized carbons (Fsp3) is 0.250. The summed E-state index contributed by atoms with van der Waals surface area (Å²) in [6.07, 6.45) is 0. The SMILES string of the molecule is CC(C)c1c(C#N)nnn1-c1ccc(Br)cc1. The summed E-state index contributed by atoms with van der Waals surface area (Å²) >= 11 is 3.39. The van der Waals surface area contributed by atoms with Crippen molar-refractivity contribution in [1.29, 1.82) is 5.26 Å². The predicted octanol–water partition coefficient (Wildman–Crippen LogP) is 3.02. The van der Waals surface area contributed by atoms with Crippen LogP contribution < -0.4 is 0 Å². The van der Waals surface area contributed by atoms with E-state index in [2.05, 4.69) is 32.3 Å². The van der Waals surface area contributed by atoms with Gasteiger partial charge >= 0.3 is 0 Å². The molecule has 5 heteroatoms. The number of benzene rings is 1. The summed E-state index contributed by atoms with van der Waals surface area (Å²) in [5.74, 6) is 0.197. The average molecular weight is 291 g/mol. The van der Waals surface area contributed by atoms with E-state index < -0.39 is 0 Å². The molecule has 2 aromatic rings. The quantitative estimate of drug-likeness (QED) is 0.854. The van der Waals surface area contributed by atoms with Gasteiger partial charge in [0, 0.05) is 4.47 Å². The Morgan fingerprint density at radius 3 is 2.47 bits per heavy atom. The van der Waals surface area contributed by atoms with Crippen LogP contribution in [-0.2, 0) is 0 Å². The average Bonchev–Trinajstić information content (AvgIpc) is 2.73. The van der Waals surface area contributed by atoms with Crippen molar-refractivity contribution in [3.63, 3.8) is 0 Å². The van der Waals surface area contributed by atoms with Gasteiger partial charge in [-0.3, -0.25) is 0 Å². The van der Waals surface area contributed by atoms with E-state index in [9.17, 15) is 0 Å². The summed E-state index contributed by atoms with van der Waals surface area (Å²) in [5.41, 5.74) is 2.14. The first-order valence-corrected chi connectivity index (χ1v) is 6.04. The smallest absolute Gasteiger partial charge is 0.186 e. The summed E-state index contributed by atoms with van der Waals surface area (Å²) in [6.45, 7) is 4.05. The van der Waals surface area contributed by atoms with Crippen molar-refractivity contribution < 1.29 is 0 Å². The number of aromatic nitrogens is 3. The standard InChI is InChI=1S/C12H11BrN4/c1-8(2)12-11(7-14)15-16-17(12)10-5-3-9(13)4-6-10/h3-6,8H,1-2H3. The lowest BCUT2D eigenvalue weighted by Gasteiger charge is -2.09. The molecule has 0 atom stereocenters. The maximum Gasteiger partial charge on any atom is 0.186 e. The van der Waals surface area contributed by atoms with Crippen LogP contribution in [0.1, 0.15) is 31.2 Å². The van der Waals surface area contributed by atoms with E-state index in [1.54, 1.807) is 4.68 Å². The first-order valence-electron chi connectivity index (χ1n) is 5.25. The van der Waals surface area contributed by atoms with Crippen LogP contribution in [0, 0.1) is 11.3 Å². The molecule has 0 aliphatic heterocycles. The Kier molecular flexibility index (Phi) is 3.25. The zero-order chi connectivity index (χ0) is 12.4. The second-order valence-electron chi connectivity index (χ2n) is 3.98. The molecule has 0 saturated heterocycles. The highest BCUT2D eigenvalue weighted by atomic mass is 79.9. The van der Waals surface area contributed by atoms with Gasteiger partial charge in [-0.1, -0.05) is 35.0 Å². The van der Waals surface area contributed by atoms with Crippen molar-refractivity contribution >= 4 is 15.9 Å². The normalized spacial score (nSPS) is 10.5. The molecule has 0 saturated carbocycles. The summed E-state index contributed by atoms with van der Waals surface area (Å²) in [5, 5.41) is 16.9. The number of nitriles is 1. The Hall–Kier alpha value is -1.67. The molecule has 0 bridgehead atoms. The van der Waals surface area contributed by atoms with Crippen LogP contribution in [0.5, 0.6) is 0 Å². The maximum absolute atomic E-state index is 9.00. The van der Waals surface area contributed by atoms with Gasteiger partial charge in [0.25, 0.3) is 0 Å². The molecule has 4 nitrogen and oxygen atoms in total. The highest BCUT2D eigenvalue weighted by Gasteiger charge is 2.16. The van der Waals surface area contributed by atoms with Gasteiger partial charge < -0.3 is 0 Å². The van der Waals surface area contributed by atoms with Crippen LogP contribution in [0.25, 0.3) is 5.69 Å².